The zero-order valence-corrected chi connectivity index (χ0v) is 11.0. The van der Waals surface area contributed by atoms with Gasteiger partial charge in [0.25, 0.3) is 0 Å². The van der Waals surface area contributed by atoms with Gasteiger partial charge in [0.2, 0.25) is 5.78 Å². The molecule has 94 valence electrons. The van der Waals surface area contributed by atoms with Gasteiger partial charge < -0.3 is 14.7 Å². The number of Topliss-reactive ketones (excluding diaryl/α,β-unsaturated/α-hetero) is 1. The van der Waals surface area contributed by atoms with E-state index in [0.29, 0.717) is 5.69 Å². The zero-order chi connectivity index (χ0) is 13.3. The highest BCUT2D eigenvalue weighted by Gasteiger charge is 2.20. The van der Waals surface area contributed by atoms with Gasteiger partial charge in [0.15, 0.2) is 0 Å². The van der Waals surface area contributed by atoms with Crippen molar-refractivity contribution in [1.82, 2.24) is 14.3 Å². The predicted octanol–water partition coefficient (Wildman–Crippen LogP) is 1.78. The van der Waals surface area contributed by atoms with Crippen LogP contribution in [-0.4, -0.2) is 25.1 Å². The molecule has 0 aliphatic heterocycles. The van der Waals surface area contributed by atoms with Crippen LogP contribution in [0.1, 0.15) is 10.5 Å². The first kappa shape index (κ1) is 12.5. The molecular formula is C10H9BrN4O3. The molecule has 0 amide bonds. The van der Waals surface area contributed by atoms with Crippen molar-refractivity contribution in [3.63, 3.8) is 0 Å². The van der Waals surface area contributed by atoms with Crippen molar-refractivity contribution in [3.05, 3.63) is 44.8 Å². The van der Waals surface area contributed by atoms with Gasteiger partial charge in [0.1, 0.15) is 11.0 Å². The summed E-state index contributed by atoms with van der Waals surface area (Å²) in [5.74, 6) is -0.456. The van der Waals surface area contributed by atoms with E-state index in [4.69, 9.17) is 0 Å². The number of hydrogen-bond acceptors (Lipinski definition) is 4. The van der Waals surface area contributed by atoms with Crippen LogP contribution < -0.4 is 0 Å². The minimum absolute atomic E-state index is 0.0374. The summed E-state index contributed by atoms with van der Waals surface area (Å²) in [4.78, 5) is 21.9. The van der Waals surface area contributed by atoms with Crippen molar-refractivity contribution < 1.29 is 9.72 Å². The van der Waals surface area contributed by atoms with Crippen LogP contribution >= 0.6 is 15.9 Å². The van der Waals surface area contributed by atoms with Gasteiger partial charge >= 0.3 is 5.82 Å². The van der Waals surface area contributed by atoms with Crippen LogP contribution in [0, 0.1) is 10.1 Å². The summed E-state index contributed by atoms with van der Waals surface area (Å²) < 4.78 is 3.19. The lowest BCUT2D eigenvalue weighted by atomic mass is 10.3. The lowest BCUT2D eigenvalue weighted by Crippen LogP contribution is -2.14. The monoisotopic (exact) mass is 312 g/mol. The maximum absolute atomic E-state index is 11.9. The summed E-state index contributed by atoms with van der Waals surface area (Å²) in [5, 5.41) is 14.3. The molecule has 0 unspecified atom stereocenters. The Morgan fingerprint density at radius 3 is 2.83 bits per heavy atom. The first-order valence-electron chi connectivity index (χ1n) is 5.01. The van der Waals surface area contributed by atoms with Gasteiger partial charge in [-0.2, -0.15) is 4.68 Å². The number of halogens is 1. The Morgan fingerprint density at radius 1 is 1.61 bits per heavy atom. The van der Waals surface area contributed by atoms with Gasteiger partial charge in [0.05, 0.1) is 17.0 Å². The molecule has 18 heavy (non-hydrogen) atoms. The molecule has 2 rings (SSSR count). The third-order valence-corrected chi connectivity index (χ3v) is 2.97. The summed E-state index contributed by atoms with van der Waals surface area (Å²) >= 11 is 3.03. The summed E-state index contributed by atoms with van der Waals surface area (Å²) in [6, 6.07) is 3.45. The van der Waals surface area contributed by atoms with Crippen molar-refractivity contribution in [3.8, 4) is 0 Å². The van der Waals surface area contributed by atoms with Crippen LogP contribution in [0.25, 0.3) is 0 Å². The SMILES string of the molecule is Cn1cccc1C(=O)Cn1cc(Br)c([N+](=O)[O-])n1. The molecular weight excluding hydrogens is 304 g/mol. The molecule has 2 heterocycles. The van der Waals surface area contributed by atoms with E-state index >= 15 is 0 Å². The van der Waals surface area contributed by atoms with Crippen molar-refractivity contribution >= 4 is 27.5 Å². The number of rotatable bonds is 4. The van der Waals surface area contributed by atoms with Gasteiger partial charge in [-0.05, 0) is 33.0 Å². The van der Waals surface area contributed by atoms with Gasteiger partial charge in [0, 0.05) is 13.2 Å². The van der Waals surface area contributed by atoms with Crippen LogP contribution in [-0.2, 0) is 13.6 Å². The highest BCUT2D eigenvalue weighted by atomic mass is 79.9. The van der Waals surface area contributed by atoms with E-state index in [2.05, 4.69) is 21.0 Å². The maximum Gasteiger partial charge on any atom is 0.404 e. The third kappa shape index (κ3) is 2.33. The maximum atomic E-state index is 11.9. The molecule has 0 spiro atoms. The molecule has 0 saturated carbocycles. The molecule has 0 atom stereocenters. The van der Waals surface area contributed by atoms with Gasteiger partial charge in [-0.3, -0.25) is 4.79 Å². The van der Waals surface area contributed by atoms with E-state index < -0.39 is 4.92 Å². The fraction of sp³-hybridized carbons (Fsp3) is 0.200. The highest BCUT2D eigenvalue weighted by molar-refractivity contribution is 9.10. The van der Waals surface area contributed by atoms with Crippen LogP contribution in [0.5, 0.6) is 0 Å². The van der Waals surface area contributed by atoms with Crippen LogP contribution in [0.2, 0.25) is 0 Å². The van der Waals surface area contributed by atoms with Crippen LogP contribution in [0.4, 0.5) is 5.82 Å². The van der Waals surface area contributed by atoms with Gasteiger partial charge in [-0.1, -0.05) is 0 Å². The number of ketones is 1. The molecule has 2 aromatic heterocycles. The van der Waals surface area contributed by atoms with E-state index in [-0.39, 0.29) is 22.6 Å². The molecule has 0 fully saturated rings. The normalized spacial score (nSPS) is 10.6. The lowest BCUT2D eigenvalue weighted by molar-refractivity contribution is -0.390. The van der Waals surface area contributed by atoms with Crippen molar-refractivity contribution in [2.75, 3.05) is 0 Å². The standard InChI is InChI=1S/C10H9BrN4O3/c1-13-4-2-3-8(13)9(16)6-14-5-7(11)10(12-14)15(17)18/h2-5H,6H2,1H3. The largest absolute Gasteiger partial charge is 0.404 e. The fourth-order valence-corrected chi connectivity index (χ4v) is 2.03. The molecule has 0 saturated heterocycles. The van der Waals surface area contributed by atoms with Crippen LogP contribution in [0.15, 0.2) is 29.0 Å². The second-order valence-electron chi connectivity index (χ2n) is 3.68. The number of carbonyl (C=O) groups is 1. The molecule has 0 aliphatic rings. The smallest absolute Gasteiger partial charge is 0.358 e. The summed E-state index contributed by atoms with van der Waals surface area (Å²) in [6.07, 6.45) is 3.17. The average molecular weight is 313 g/mol. The Labute approximate surface area is 110 Å². The number of hydrogen-bond donors (Lipinski definition) is 0. The number of nitro groups is 1. The highest BCUT2D eigenvalue weighted by Crippen LogP contribution is 2.22. The Bertz CT molecular complexity index is 616. The molecule has 0 aromatic carbocycles. The van der Waals surface area contributed by atoms with E-state index in [0.717, 1.165) is 0 Å². The van der Waals surface area contributed by atoms with E-state index in [9.17, 15) is 14.9 Å². The summed E-state index contributed by atoms with van der Waals surface area (Å²) in [7, 11) is 1.76. The fourth-order valence-electron chi connectivity index (χ4n) is 1.57. The first-order chi connectivity index (χ1) is 8.49. The van der Waals surface area contributed by atoms with Gasteiger partial charge in [-0.15, -0.1) is 0 Å². The van der Waals surface area contributed by atoms with E-state index in [1.807, 2.05) is 0 Å². The number of nitrogens with zero attached hydrogens (tertiary/aromatic N) is 4. The Balaban J connectivity index is 2.20. The quantitative estimate of drug-likeness (QED) is 0.489. The molecule has 2 aromatic rings. The van der Waals surface area contributed by atoms with Crippen molar-refractivity contribution in [1.29, 1.82) is 0 Å². The number of carbonyl (C=O) groups excluding carboxylic acids is 1. The second kappa shape index (κ2) is 4.73. The third-order valence-electron chi connectivity index (χ3n) is 2.41. The van der Waals surface area contributed by atoms with Crippen molar-refractivity contribution in [2.24, 2.45) is 7.05 Å². The molecule has 0 aliphatic carbocycles. The predicted molar refractivity (Wildman–Crippen MR) is 66.3 cm³/mol. The number of aryl methyl sites for hydroxylation is 1. The summed E-state index contributed by atoms with van der Waals surface area (Å²) in [5.41, 5.74) is 0.532. The second-order valence-corrected chi connectivity index (χ2v) is 4.54. The van der Waals surface area contributed by atoms with Gasteiger partial charge in [-0.25, -0.2) is 0 Å². The lowest BCUT2D eigenvalue weighted by Gasteiger charge is -2.00. The topological polar surface area (TPSA) is 83.0 Å². The Hall–Kier alpha value is -1.96. The Morgan fingerprint density at radius 2 is 2.33 bits per heavy atom. The van der Waals surface area contributed by atoms with Crippen molar-refractivity contribution in [2.45, 2.75) is 6.54 Å². The van der Waals surface area contributed by atoms with Crippen LogP contribution in [0.3, 0.4) is 0 Å². The molecule has 0 N–H and O–H groups in total. The minimum atomic E-state index is -0.604. The Kier molecular flexibility index (Phi) is 3.28. The average Bonchev–Trinajstić information content (AvgIpc) is 2.84. The first-order valence-corrected chi connectivity index (χ1v) is 5.80. The molecule has 0 bridgehead atoms. The molecule has 8 heteroatoms. The minimum Gasteiger partial charge on any atom is -0.358 e. The molecule has 0 radical (unpaired) electrons. The van der Waals surface area contributed by atoms with E-state index in [1.54, 1.807) is 29.9 Å². The summed E-state index contributed by atoms with van der Waals surface area (Å²) in [6.45, 7) is -0.0374. The number of aromatic nitrogens is 3. The molecule has 7 nitrogen and oxygen atoms in total. The van der Waals surface area contributed by atoms with E-state index in [1.165, 1.54) is 10.9 Å². The zero-order valence-electron chi connectivity index (χ0n) is 9.41.